The van der Waals surface area contributed by atoms with E-state index >= 15 is 0 Å². The second-order valence-electron chi connectivity index (χ2n) is 4.87. The number of unbranched alkanes of at least 4 members (excludes halogenated alkanes) is 4. The van der Waals surface area contributed by atoms with Crippen molar-refractivity contribution in [3.05, 3.63) is 0 Å². The summed E-state index contributed by atoms with van der Waals surface area (Å²) in [5.74, 6) is 4.66. The minimum absolute atomic E-state index is 0.0543. The fourth-order valence-corrected chi connectivity index (χ4v) is 1.67. The van der Waals surface area contributed by atoms with Crippen molar-refractivity contribution in [1.29, 1.82) is 0 Å². The molecule has 0 heterocycles. The van der Waals surface area contributed by atoms with Gasteiger partial charge in [0.15, 0.2) is 0 Å². The molecule has 0 aromatic carbocycles. The zero-order valence-corrected chi connectivity index (χ0v) is 13.2. The minimum atomic E-state index is -0.859. The molecule has 0 unspecified atom stereocenters. The molecule has 0 saturated carbocycles. The van der Waals surface area contributed by atoms with Crippen molar-refractivity contribution < 1.29 is 24.1 Å². The zero-order chi connectivity index (χ0) is 15.8. The van der Waals surface area contributed by atoms with Crippen LogP contribution in [0.2, 0.25) is 0 Å². The summed E-state index contributed by atoms with van der Waals surface area (Å²) in [6.45, 7) is 3.53. The molecule has 0 aliphatic rings. The van der Waals surface area contributed by atoms with Gasteiger partial charge in [-0.3, -0.25) is 4.79 Å². The van der Waals surface area contributed by atoms with Crippen LogP contribution in [0.5, 0.6) is 0 Å². The Morgan fingerprint density at radius 1 is 1.14 bits per heavy atom. The summed E-state index contributed by atoms with van der Waals surface area (Å²) in [5.41, 5.74) is 0. The highest BCUT2D eigenvalue weighted by Gasteiger charge is 2.01. The van der Waals surface area contributed by atoms with E-state index in [0.29, 0.717) is 20.0 Å². The minimum Gasteiger partial charge on any atom is -0.481 e. The van der Waals surface area contributed by atoms with Crippen molar-refractivity contribution in [2.75, 3.05) is 27.1 Å². The van der Waals surface area contributed by atoms with Crippen LogP contribution in [0.3, 0.4) is 0 Å². The van der Waals surface area contributed by atoms with Gasteiger partial charge in [-0.1, -0.05) is 25.2 Å². The van der Waals surface area contributed by atoms with E-state index in [4.69, 9.17) is 19.3 Å². The lowest BCUT2D eigenvalue weighted by Crippen LogP contribution is -2.13. The first-order valence-electron chi connectivity index (χ1n) is 7.52. The van der Waals surface area contributed by atoms with E-state index < -0.39 is 5.97 Å². The Labute approximate surface area is 128 Å². The normalized spacial score (nSPS) is 11.7. The molecule has 5 nitrogen and oxygen atoms in total. The number of carboxylic acid groups (broad SMARTS) is 1. The standard InChI is InChI=1S/C16H28O5/c1-15(21-14-20-13-12-19-2)10-8-6-4-3-5-7-9-11-16(17)18/h15H,3-6,8,10-14H2,1-2H3,(H,17,18)/t15-/m1/s1. The number of carboxylic acids is 1. The van der Waals surface area contributed by atoms with Crippen LogP contribution in [0.1, 0.15) is 51.9 Å². The van der Waals surface area contributed by atoms with Crippen molar-refractivity contribution in [3.8, 4) is 11.8 Å². The molecule has 1 N–H and O–H groups in total. The number of hydrogen-bond donors (Lipinski definition) is 1. The first-order valence-corrected chi connectivity index (χ1v) is 7.52. The molecule has 1 atom stereocenters. The van der Waals surface area contributed by atoms with Crippen LogP contribution < -0.4 is 0 Å². The van der Waals surface area contributed by atoms with Gasteiger partial charge in [0.25, 0.3) is 0 Å². The first-order chi connectivity index (χ1) is 10.2. The first kappa shape index (κ1) is 19.9. The van der Waals surface area contributed by atoms with E-state index in [1.165, 1.54) is 0 Å². The van der Waals surface area contributed by atoms with Crippen molar-refractivity contribution in [1.82, 2.24) is 0 Å². The second kappa shape index (κ2) is 15.3. The summed E-state index contributed by atoms with van der Waals surface area (Å²) in [7, 11) is 1.64. The molecule has 0 aliphatic heterocycles. The average molecular weight is 300 g/mol. The van der Waals surface area contributed by atoms with Crippen LogP contribution >= 0.6 is 0 Å². The van der Waals surface area contributed by atoms with Gasteiger partial charge in [-0.2, -0.15) is 0 Å². The smallest absolute Gasteiger partial charge is 0.315 e. The van der Waals surface area contributed by atoms with Gasteiger partial charge in [0.05, 0.1) is 19.3 Å². The number of ether oxygens (including phenoxy) is 3. The molecule has 0 spiro atoms. The molecule has 0 amide bonds. The molecular weight excluding hydrogens is 272 g/mol. The maximum absolute atomic E-state index is 10.2. The van der Waals surface area contributed by atoms with Crippen LogP contribution in [-0.4, -0.2) is 44.3 Å². The summed E-state index contributed by atoms with van der Waals surface area (Å²) >= 11 is 0. The number of methoxy groups -OCH3 is 1. The van der Waals surface area contributed by atoms with E-state index in [1.807, 2.05) is 0 Å². The lowest BCUT2D eigenvalue weighted by Gasteiger charge is -2.12. The molecule has 0 aliphatic carbocycles. The predicted octanol–water partition coefficient (Wildman–Crippen LogP) is 2.83. The Balaban J connectivity index is 3.26. The van der Waals surface area contributed by atoms with Crippen LogP contribution in [0.25, 0.3) is 0 Å². The molecule has 0 fully saturated rings. The van der Waals surface area contributed by atoms with Crippen LogP contribution in [-0.2, 0) is 19.0 Å². The summed E-state index contributed by atoms with van der Waals surface area (Å²) in [6.07, 6.45) is 6.40. The van der Waals surface area contributed by atoms with Crippen LogP contribution in [0, 0.1) is 11.8 Å². The predicted molar refractivity (Wildman–Crippen MR) is 81.0 cm³/mol. The lowest BCUT2D eigenvalue weighted by atomic mass is 10.1. The Bertz CT molecular complexity index is 306. The quantitative estimate of drug-likeness (QED) is 0.322. The van der Waals surface area contributed by atoms with Gasteiger partial charge >= 0.3 is 5.97 Å². The van der Waals surface area contributed by atoms with Gasteiger partial charge < -0.3 is 19.3 Å². The Morgan fingerprint density at radius 3 is 2.62 bits per heavy atom. The molecular formula is C16H28O5. The van der Waals surface area contributed by atoms with Gasteiger partial charge in [0.1, 0.15) is 13.2 Å². The number of rotatable bonds is 13. The van der Waals surface area contributed by atoms with E-state index in [0.717, 1.165) is 38.5 Å². The Hall–Kier alpha value is -1.09. The van der Waals surface area contributed by atoms with E-state index in [-0.39, 0.29) is 12.5 Å². The van der Waals surface area contributed by atoms with Gasteiger partial charge in [-0.15, -0.1) is 5.92 Å². The van der Waals surface area contributed by atoms with E-state index in [2.05, 4.69) is 18.8 Å². The van der Waals surface area contributed by atoms with E-state index in [1.54, 1.807) is 7.11 Å². The van der Waals surface area contributed by atoms with Crippen molar-refractivity contribution in [2.45, 2.75) is 58.0 Å². The zero-order valence-electron chi connectivity index (χ0n) is 13.2. The summed E-state index contributed by atoms with van der Waals surface area (Å²) in [4.78, 5) is 10.2. The highest BCUT2D eigenvalue weighted by molar-refractivity contribution is 5.69. The molecule has 5 heteroatoms. The van der Waals surface area contributed by atoms with Gasteiger partial charge in [-0.25, -0.2) is 0 Å². The molecule has 122 valence electrons. The molecule has 0 bridgehead atoms. The third-order valence-electron chi connectivity index (χ3n) is 2.89. The maximum atomic E-state index is 10.2. The molecule has 0 radical (unpaired) electrons. The monoisotopic (exact) mass is 300 g/mol. The molecule has 0 saturated heterocycles. The highest BCUT2D eigenvalue weighted by atomic mass is 16.7. The Kier molecular flexibility index (Phi) is 14.5. The summed E-state index contributed by atoms with van der Waals surface area (Å²) in [5, 5.41) is 8.41. The lowest BCUT2D eigenvalue weighted by molar-refractivity contribution is -0.135. The molecule has 21 heavy (non-hydrogen) atoms. The van der Waals surface area contributed by atoms with Crippen LogP contribution in [0.15, 0.2) is 0 Å². The fourth-order valence-electron chi connectivity index (χ4n) is 1.67. The largest absolute Gasteiger partial charge is 0.481 e. The average Bonchev–Trinajstić information content (AvgIpc) is 2.45. The summed E-state index contributed by atoms with van der Waals surface area (Å²) < 4.78 is 15.6. The van der Waals surface area contributed by atoms with Gasteiger partial charge in [0, 0.05) is 13.5 Å². The third kappa shape index (κ3) is 16.9. The van der Waals surface area contributed by atoms with Crippen LogP contribution in [0.4, 0.5) is 0 Å². The van der Waals surface area contributed by atoms with E-state index in [9.17, 15) is 4.79 Å². The fraction of sp³-hybridized carbons (Fsp3) is 0.812. The number of carbonyl (C=O) groups is 1. The van der Waals surface area contributed by atoms with Crippen molar-refractivity contribution in [2.24, 2.45) is 0 Å². The molecule has 0 aromatic rings. The maximum Gasteiger partial charge on any atom is 0.315 e. The Morgan fingerprint density at radius 2 is 1.90 bits per heavy atom. The summed E-state index contributed by atoms with van der Waals surface area (Å²) in [6, 6.07) is 0. The van der Waals surface area contributed by atoms with Crippen molar-refractivity contribution >= 4 is 5.97 Å². The topological polar surface area (TPSA) is 65.0 Å². The second-order valence-corrected chi connectivity index (χ2v) is 4.87. The molecule has 0 rings (SSSR count). The van der Waals surface area contributed by atoms with Crippen molar-refractivity contribution in [3.63, 3.8) is 0 Å². The number of aliphatic carboxylic acids is 1. The third-order valence-corrected chi connectivity index (χ3v) is 2.89. The van der Waals surface area contributed by atoms with Gasteiger partial charge in [0.2, 0.25) is 0 Å². The van der Waals surface area contributed by atoms with Gasteiger partial charge in [-0.05, 0) is 19.8 Å². The molecule has 0 aromatic heterocycles. The highest BCUT2D eigenvalue weighted by Crippen LogP contribution is 2.09. The number of hydrogen-bond acceptors (Lipinski definition) is 4. The SMILES string of the molecule is COCCOCO[C@H](C)CCCCCCC#CCC(=O)O.